The van der Waals surface area contributed by atoms with Gasteiger partial charge >= 0.3 is 11.9 Å². The Morgan fingerprint density at radius 2 is 1.05 bits per heavy atom. The molecule has 0 aliphatic heterocycles. The van der Waals surface area contributed by atoms with Gasteiger partial charge in [-0.3, -0.25) is 9.59 Å². The molecule has 1 N–H and O–H groups in total. The Morgan fingerprint density at radius 1 is 0.667 bits per heavy atom. The minimum absolute atomic E-state index is 0.0571. The SMILES string of the molecule is CCCCCCCCCCCCCC(CCCCCCCCCCCC)OC(=O)C1(C)CCCCC1C(=O)O. The molecule has 0 radical (unpaired) electrons. The van der Waals surface area contributed by atoms with Crippen LogP contribution in [0.1, 0.15) is 194 Å². The van der Waals surface area contributed by atoms with Gasteiger partial charge in [0.05, 0.1) is 11.3 Å². The molecule has 230 valence electrons. The minimum Gasteiger partial charge on any atom is -0.481 e. The van der Waals surface area contributed by atoms with Crippen LogP contribution >= 0.6 is 0 Å². The second-order valence-corrected chi connectivity index (χ2v) is 12.9. The largest absolute Gasteiger partial charge is 0.481 e. The van der Waals surface area contributed by atoms with Crippen molar-refractivity contribution in [2.75, 3.05) is 0 Å². The van der Waals surface area contributed by atoms with Gasteiger partial charge in [0.25, 0.3) is 0 Å². The van der Waals surface area contributed by atoms with E-state index in [1.807, 2.05) is 6.92 Å². The zero-order chi connectivity index (χ0) is 28.6. The van der Waals surface area contributed by atoms with Crippen LogP contribution in [0.3, 0.4) is 0 Å². The summed E-state index contributed by atoms with van der Waals surface area (Å²) in [5.41, 5.74) is -0.878. The van der Waals surface area contributed by atoms with E-state index in [9.17, 15) is 14.7 Å². The van der Waals surface area contributed by atoms with E-state index >= 15 is 0 Å². The molecule has 0 aromatic carbocycles. The standard InChI is InChI=1S/C35H66O4/c1-4-6-8-10-12-14-16-18-20-22-24-28-31(27-23-21-19-17-15-13-11-9-7-5-2)39-34(38)35(3)30-26-25-29-32(35)33(36)37/h31-32H,4-30H2,1-3H3,(H,36,37). The molecular formula is C35H66O4. The summed E-state index contributed by atoms with van der Waals surface area (Å²) in [6.45, 7) is 6.38. The lowest BCUT2D eigenvalue weighted by Crippen LogP contribution is -2.44. The van der Waals surface area contributed by atoms with Crippen molar-refractivity contribution in [3.8, 4) is 0 Å². The van der Waals surface area contributed by atoms with Gasteiger partial charge in [0, 0.05) is 0 Å². The number of carbonyl (C=O) groups excluding carboxylic acids is 1. The highest BCUT2D eigenvalue weighted by molar-refractivity contribution is 5.84. The van der Waals surface area contributed by atoms with E-state index in [1.54, 1.807) is 0 Å². The first-order chi connectivity index (χ1) is 19.0. The number of carbonyl (C=O) groups is 2. The van der Waals surface area contributed by atoms with Gasteiger partial charge in [0.1, 0.15) is 6.10 Å². The predicted octanol–water partition coefficient (Wildman–Crippen LogP) is 11.2. The van der Waals surface area contributed by atoms with E-state index in [0.717, 1.165) is 38.5 Å². The summed E-state index contributed by atoms with van der Waals surface area (Å²) in [7, 11) is 0. The number of carboxylic acids is 1. The van der Waals surface area contributed by atoms with Crippen LogP contribution in [0.15, 0.2) is 0 Å². The molecule has 0 saturated heterocycles. The predicted molar refractivity (Wildman–Crippen MR) is 165 cm³/mol. The van der Waals surface area contributed by atoms with Crippen LogP contribution in [0.5, 0.6) is 0 Å². The molecule has 1 fully saturated rings. The van der Waals surface area contributed by atoms with E-state index < -0.39 is 17.3 Å². The summed E-state index contributed by atoms with van der Waals surface area (Å²) >= 11 is 0. The monoisotopic (exact) mass is 550 g/mol. The summed E-state index contributed by atoms with van der Waals surface area (Å²) in [6.07, 6.45) is 32.3. The molecule has 4 heteroatoms. The fourth-order valence-corrected chi connectivity index (χ4v) is 6.42. The molecule has 0 aromatic rings. The normalized spacial score (nSPS) is 20.1. The maximum absolute atomic E-state index is 13.3. The van der Waals surface area contributed by atoms with Gasteiger partial charge in [-0.1, -0.05) is 149 Å². The van der Waals surface area contributed by atoms with Crippen molar-refractivity contribution in [1.82, 2.24) is 0 Å². The Morgan fingerprint density at radius 3 is 1.44 bits per heavy atom. The fourth-order valence-electron chi connectivity index (χ4n) is 6.42. The number of aliphatic carboxylic acids is 1. The first kappa shape index (κ1) is 36.0. The zero-order valence-electron chi connectivity index (χ0n) is 26.4. The third-order valence-corrected chi connectivity index (χ3v) is 9.26. The van der Waals surface area contributed by atoms with Crippen LogP contribution in [0.25, 0.3) is 0 Å². The molecule has 39 heavy (non-hydrogen) atoms. The van der Waals surface area contributed by atoms with Crippen LogP contribution in [-0.2, 0) is 14.3 Å². The number of unbranched alkanes of at least 4 members (excludes halogenated alkanes) is 19. The molecule has 0 spiro atoms. The number of carboxylic acid groups (broad SMARTS) is 1. The quantitative estimate of drug-likeness (QED) is 0.0859. The molecule has 4 nitrogen and oxygen atoms in total. The number of hydrogen-bond acceptors (Lipinski definition) is 3. The number of rotatable bonds is 26. The van der Waals surface area contributed by atoms with E-state index in [1.165, 1.54) is 122 Å². The molecule has 1 aliphatic carbocycles. The van der Waals surface area contributed by atoms with E-state index in [2.05, 4.69) is 13.8 Å². The fraction of sp³-hybridized carbons (Fsp3) is 0.943. The average Bonchev–Trinajstić information content (AvgIpc) is 2.92. The highest BCUT2D eigenvalue weighted by Crippen LogP contribution is 2.42. The summed E-state index contributed by atoms with van der Waals surface area (Å²) in [5, 5.41) is 9.77. The molecule has 1 saturated carbocycles. The van der Waals surface area contributed by atoms with Crippen LogP contribution in [0.4, 0.5) is 0 Å². The molecule has 1 rings (SSSR count). The molecule has 0 aromatic heterocycles. The summed E-state index contributed by atoms with van der Waals surface area (Å²) in [6, 6.07) is 0. The number of hydrogen-bond donors (Lipinski definition) is 1. The molecule has 0 heterocycles. The Labute approximate surface area is 242 Å². The van der Waals surface area contributed by atoms with Crippen molar-refractivity contribution in [2.24, 2.45) is 11.3 Å². The van der Waals surface area contributed by atoms with Gasteiger partial charge < -0.3 is 9.84 Å². The Balaban J connectivity index is 2.40. The lowest BCUT2D eigenvalue weighted by molar-refractivity contribution is -0.174. The molecule has 0 amide bonds. The average molecular weight is 551 g/mol. The Kier molecular flexibility index (Phi) is 21.8. The summed E-state index contributed by atoms with van der Waals surface area (Å²) in [4.78, 5) is 25.3. The lowest BCUT2D eigenvalue weighted by atomic mass is 9.67. The Hall–Kier alpha value is -1.06. The third kappa shape index (κ3) is 16.7. The topological polar surface area (TPSA) is 63.6 Å². The van der Waals surface area contributed by atoms with Crippen LogP contribution in [0.2, 0.25) is 0 Å². The molecule has 3 atom stereocenters. The Bertz CT molecular complexity index is 603. The van der Waals surface area contributed by atoms with Crippen molar-refractivity contribution in [3.05, 3.63) is 0 Å². The van der Waals surface area contributed by atoms with E-state index in [0.29, 0.717) is 12.8 Å². The summed E-state index contributed by atoms with van der Waals surface area (Å²) < 4.78 is 6.15. The van der Waals surface area contributed by atoms with Gasteiger partial charge in [-0.15, -0.1) is 0 Å². The van der Waals surface area contributed by atoms with Crippen molar-refractivity contribution < 1.29 is 19.4 Å². The van der Waals surface area contributed by atoms with Crippen molar-refractivity contribution in [1.29, 1.82) is 0 Å². The minimum atomic E-state index is -0.878. The van der Waals surface area contributed by atoms with Gasteiger partial charge in [0.15, 0.2) is 0 Å². The second-order valence-electron chi connectivity index (χ2n) is 12.9. The zero-order valence-corrected chi connectivity index (χ0v) is 26.4. The first-order valence-corrected chi connectivity index (χ1v) is 17.4. The van der Waals surface area contributed by atoms with Crippen molar-refractivity contribution in [3.63, 3.8) is 0 Å². The van der Waals surface area contributed by atoms with E-state index in [-0.39, 0.29) is 12.1 Å². The third-order valence-electron chi connectivity index (χ3n) is 9.26. The van der Waals surface area contributed by atoms with Crippen LogP contribution in [-0.4, -0.2) is 23.1 Å². The van der Waals surface area contributed by atoms with Gasteiger partial charge in [-0.25, -0.2) is 0 Å². The maximum Gasteiger partial charge on any atom is 0.312 e. The van der Waals surface area contributed by atoms with Crippen LogP contribution in [0, 0.1) is 11.3 Å². The molecular weight excluding hydrogens is 484 g/mol. The number of ether oxygens (including phenoxy) is 1. The van der Waals surface area contributed by atoms with Crippen molar-refractivity contribution >= 4 is 11.9 Å². The van der Waals surface area contributed by atoms with Crippen LogP contribution < -0.4 is 0 Å². The van der Waals surface area contributed by atoms with Gasteiger partial charge in [-0.2, -0.15) is 0 Å². The molecule has 3 unspecified atom stereocenters. The first-order valence-electron chi connectivity index (χ1n) is 17.4. The highest BCUT2D eigenvalue weighted by Gasteiger charge is 2.48. The lowest BCUT2D eigenvalue weighted by Gasteiger charge is -2.37. The van der Waals surface area contributed by atoms with Crippen molar-refractivity contribution in [2.45, 2.75) is 200 Å². The van der Waals surface area contributed by atoms with Gasteiger partial charge in [-0.05, 0) is 45.4 Å². The second kappa shape index (κ2) is 23.6. The van der Waals surface area contributed by atoms with Gasteiger partial charge in [0.2, 0.25) is 0 Å². The summed E-state index contributed by atoms with van der Waals surface area (Å²) in [5.74, 6) is -1.71. The highest BCUT2D eigenvalue weighted by atomic mass is 16.5. The molecule has 1 aliphatic rings. The smallest absolute Gasteiger partial charge is 0.312 e. The molecule has 0 bridgehead atoms. The van der Waals surface area contributed by atoms with E-state index in [4.69, 9.17) is 4.74 Å². The maximum atomic E-state index is 13.3. The number of esters is 1.